The molecule has 1 aliphatic rings. The molecule has 0 atom stereocenters. The number of hydrogen-bond acceptors (Lipinski definition) is 5. The van der Waals surface area contributed by atoms with E-state index in [2.05, 4.69) is 20.4 Å². The summed E-state index contributed by atoms with van der Waals surface area (Å²) in [5, 5.41) is 6.96. The quantitative estimate of drug-likeness (QED) is 0.800. The molecular weight excluding hydrogens is 294 g/mol. The highest BCUT2D eigenvalue weighted by molar-refractivity contribution is 6.02. The third-order valence-corrected chi connectivity index (χ3v) is 3.53. The van der Waals surface area contributed by atoms with E-state index < -0.39 is 0 Å². The number of carbonyl (C=O) groups is 1. The molecule has 7 nitrogen and oxygen atoms in total. The summed E-state index contributed by atoms with van der Waals surface area (Å²) in [7, 11) is 0. The van der Waals surface area contributed by atoms with Crippen LogP contribution in [0.15, 0.2) is 48.9 Å². The van der Waals surface area contributed by atoms with Crippen LogP contribution < -0.4 is 10.1 Å². The second kappa shape index (κ2) is 5.53. The summed E-state index contributed by atoms with van der Waals surface area (Å²) in [5.41, 5.74) is 2.20. The van der Waals surface area contributed by atoms with Crippen LogP contribution in [-0.2, 0) is 6.54 Å². The molecule has 1 aliphatic heterocycles. The number of anilines is 1. The second-order valence-electron chi connectivity index (χ2n) is 5.07. The number of hydrogen-bond donors (Lipinski definition) is 1. The molecule has 0 bridgehead atoms. The lowest BCUT2D eigenvalue weighted by Crippen LogP contribution is -2.14. The minimum Gasteiger partial charge on any atom is -0.476 e. The largest absolute Gasteiger partial charge is 0.476 e. The van der Waals surface area contributed by atoms with Gasteiger partial charge in [0.1, 0.15) is 12.4 Å². The van der Waals surface area contributed by atoms with Gasteiger partial charge in [0.05, 0.1) is 6.54 Å². The van der Waals surface area contributed by atoms with Gasteiger partial charge in [-0.2, -0.15) is 5.10 Å². The molecular formula is C16H13N5O2. The van der Waals surface area contributed by atoms with Crippen molar-refractivity contribution in [1.82, 2.24) is 19.7 Å². The van der Waals surface area contributed by atoms with Gasteiger partial charge >= 0.3 is 0 Å². The number of nitrogens with one attached hydrogen (secondary N) is 1. The highest BCUT2D eigenvalue weighted by Crippen LogP contribution is 2.21. The lowest BCUT2D eigenvalue weighted by atomic mass is 10.1. The number of fused-ring (bicyclic) bond motifs is 1. The number of rotatable bonds is 3. The minimum atomic E-state index is -0.314. The topological polar surface area (TPSA) is 81.9 Å². The van der Waals surface area contributed by atoms with Gasteiger partial charge < -0.3 is 10.1 Å². The lowest BCUT2D eigenvalue weighted by molar-refractivity contribution is 0.102. The Hall–Kier alpha value is -3.22. The van der Waals surface area contributed by atoms with E-state index in [4.69, 9.17) is 4.74 Å². The zero-order valence-corrected chi connectivity index (χ0v) is 12.1. The molecule has 0 saturated carbocycles. The van der Waals surface area contributed by atoms with Crippen LogP contribution >= 0.6 is 0 Å². The summed E-state index contributed by atoms with van der Waals surface area (Å²) in [6.45, 7) is 1.26. The predicted octanol–water partition coefficient (Wildman–Crippen LogP) is 1.98. The summed E-state index contributed by atoms with van der Waals surface area (Å²) < 4.78 is 7.03. The smallest absolute Gasteiger partial charge is 0.277 e. The van der Waals surface area contributed by atoms with Crippen molar-refractivity contribution in [3.63, 3.8) is 0 Å². The monoisotopic (exact) mass is 307 g/mol. The summed E-state index contributed by atoms with van der Waals surface area (Å²) >= 11 is 0. The average molecular weight is 307 g/mol. The van der Waals surface area contributed by atoms with Crippen molar-refractivity contribution in [2.24, 2.45) is 0 Å². The third kappa shape index (κ3) is 2.64. The standard InChI is InChI=1S/C16H13N5O2/c22-16(13-9-15-21(20-13)6-7-23-15)19-14-8-11(3-5-18-14)12-2-1-4-17-10-12/h1-5,8-10H,6-7H2,(H,18,19,22). The van der Waals surface area contributed by atoms with E-state index in [1.165, 1.54) is 0 Å². The Kier molecular flexibility index (Phi) is 3.23. The molecule has 114 valence electrons. The van der Waals surface area contributed by atoms with Gasteiger partial charge in [-0.05, 0) is 23.8 Å². The molecule has 23 heavy (non-hydrogen) atoms. The van der Waals surface area contributed by atoms with E-state index >= 15 is 0 Å². The van der Waals surface area contributed by atoms with Crippen LogP contribution in [0, 0.1) is 0 Å². The van der Waals surface area contributed by atoms with Crippen LogP contribution in [0.5, 0.6) is 5.88 Å². The Morgan fingerprint density at radius 2 is 2.17 bits per heavy atom. The maximum absolute atomic E-state index is 12.3. The maximum atomic E-state index is 12.3. The normalized spacial score (nSPS) is 12.5. The zero-order valence-electron chi connectivity index (χ0n) is 12.1. The molecule has 4 rings (SSSR count). The Bertz CT molecular complexity index is 838. The van der Waals surface area contributed by atoms with Crippen molar-refractivity contribution in [1.29, 1.82) is 0 Å². The summed E-state index contributed by atoms with van der Waals surface area (Å²) in [6, 6.07) is 9.11. The first-order valence-electron chi connectivity index (χ1n) is 7.18. The van der Waals surface area contributed by atoms with Crippen molar-refractivity contribution in [2.75, 3.05) is 11.9 Å². The van der Waals surface area contributed by atoms with Gasteiger partial charge in [0.15, 0.2) is 5.69 Å². The molecule has 0 aromatic carbocycles. The number of carbonyl (C=O) groups excluding carboxylic acids is 1. The van der Waals surface area contributed by atoms with Gasteiger partial charge in [-0.3, -0.25) is 9.78 Å². The van der Waals surface area contributed by atoms with Crippen molar-refractivity contribution >= 4 is 11.7 Å². The molecule has 3 aromatic heterocycles. The van der Waals surface area contributed by atoms with Crippen molar-refractivity contribution < 1.29 is 9.53 Å². The second-order valence-corrected chi connectivity index (χ2v) is 5.07. The molecule has 1 amide bonds. The minimum absolute atomic E-state index is 0.313. The van der Waals surface area contributed by atoms with Crippen LogP contribution in [0.3, 0.4) is 0 Å². The van der Waals surface area contributed by atoms with E-state index in [0.717, 1.165) is 11.1 Å². The van der Waals surface area contributed by atoms with E-state index in [-0.39, 0.29) is 5.91 Å². The van der Waals surface area contributed by atoms with Gasteiger partial charge in [0, 0.05) is 30.2 Å². The average Bonchev–Trinajstić information content (AvgIpc) is 3.18. The van der Waals surface area contributed by atoms with Crippen molar-refractivity contribution in [2.45, 2.75) is 6.54 Å². The van der Waals surface area contributed by atoms with Crippen LogP contribution in [-0.4, -0.2) is 32.3 Å². The number of pyridine rings is 2. The number of ether oxygens (including phenoxy) is 1. The van der Waals surface area contributed by atoms with Gasteiger partial charge in [-0.15, -0.1) is 0 Å². The molecule has 1 N–H and O–H groups in total. The zero-order chi connectivity index (χ0) is 15.6. The molecule has 3 aromatic rings. The Morgan fingerprint density at radius 1 is 1.22 bits per heavy atom. The van der Waals surface area contributed by atoms with Crippen molar-refractivity contribution in [3.05, 3.63) is 54.6 Å². The van der Waals surface area contributed by atoms with Crippen LogP contribution in [0.4, 0.5) is 5.82 Å². The fourth-order valence-electron chi connectivity index (χ4n) is 2.42. The molecule has 4 heterocycles. The first kappa shape index (κ1) is 13.4. The fourth-order valence-corrected chi connectivity index (χ4v) is 2.42. The van der Waals surface area contributed by atoms with E-state index in [0.29, 0.717) is 30.5 Å². The Balaban J connectivity index is 1.55. The maximum Gasteiger partial charge on any atom is 0.277 e. The molecule has 0 spiro atoms. The molecule has 0 unspecified atom stereocenters. The molecule has 0 radical (unpaired) electrons. The van der Waals surface area contributed by atoms with Crippen LogP contribution in [0.2, 0.25) is 0 Å². The molecule has 0 saturated heterocycles. The lowest BCUT2D eigenvalue weighted by Gasteiger charge is -2.05. The highest BCUT2D eigenvalue weighted by atomic mass is 16.5. The van der Waals surface area contributed by atoms with Gasteiger partial charge in [-0.25, -0.2) is 9.67 Å². The van der Waals surface area contributed by atoms with Crippen LogP contribution in [0.1, 0.15) is 10.5 Å². The highest BCUT2D eigenvalue weighted by Gasteiger charge is 2.19. The van der Waals surface area contributed by atoms with Crippen molar-refractivity contribution in [3.8, 4) is 17.0 Å². The summed E-state index contributed by atoms with van der Waals surface area (Å²) in [6.07, 6.45) is 5.12. The van der Waals surface area contributed by atoms with E-state index in [1.54, 1.807) is 35.4 Å². The Morgan fingerprint density at radius 3 is 3.00 bits per heavy atom. The number of amides is 1. The molecule has 0 aliphatic carbocycles. The van der Waals surface area contributed by atoms with E-state index in [1.807, 2.05) is 18.2 Å². The summed E-state index contributed by atoms with van der Waals surface area (Å²) in [4.78, 5) is 20.5. The predicted molar refractivity (Wildman–Crippen MR) is 83.1 cm³/mol. The van der Waals surface area contributed by atoms with Gasteiger partial charge in [0.25, 0.3) is 5.91 Å². The first-order chi connectivity index (χ1) is 11.3. The molecule has 0 fully saturated rings. The van der Waals surface area contributed by atoms with E-state index in [9.17, 15) is 4.79 Å². The Labute approximate surface area is 132 Å². The third-order valence-electron chi connectivity index (χ3n) is 3.53. The van der Waals surface area contributed by atoms with Crippen LogP contribution in [0.25, 0.3) is 11.1 Å². The summed E-state index contributed by atoms with van der Waals surface area (Å²) in [5.74, 6) is 0.768. The number of aromatic nitrogens is 4. The SMILES string of the molecule is O=C(Nc1cc(-c2cccnc2)ccn1)c1cc2n(n1)CCO2. The first-order valence-corrected chi connectivity index (χ1v) is 7.18. The number of nitrogens with zero attached hydrogens (tertiary/aromatic N) is 4. The fraction of sp³-hybridized carbons (Fsp3) is 0.125. The van der Waals surface area contributed by atoms with Gasteiger partial charge in [0.2, 0.25) is 5.88 Å². The van der Waals surface area contributed by atoms with Gasteiger partial charge in [-0.1, -0.05) is 6.07 Å². The molecule has 7 heteroatoms.